The van der Waals surface area contributed by atoms with Crippen molar-refractivity contribution in [2.45, 2.75) is 52.1 Å². The highest BCUT2D eigenvalue weighted by Gasteiger charge is 2.17. The molecule has 0 bridgehead atoms. The number of unbranched alkanes of at least 4 members (excludes halogenated alkanes) is 2. The molecule has 0 saturated carbocycles. The van der Waals surface area contributed by atoms with Crippen molar-refractivity contribution >= 4 is 0 Å². The van der Waals surface area contributed by atoms with E-state index in [0.29, 0.717) is 0 Å². The van der Waals surface area contributed by atoms with Crippen LogP contribution in [0, 0.1) is 0 Å². The van der Waals surface area contributed by atoms with Crippen LogP contribution in [0.15, 0.2) is 6.20 Å². The van der Waals surface area contributed by atoms with Crippen LogP contribution in [0.4, 0.5) is 0 Å². The third kappa shape index (κ3) is 3.10. The maximum atomic E-state index is 5.91. The Bertz CT molecular complexity index is 272. The number of hydrogen-bond acceptors (Lipinski definition) is 3. The summed E-state index contributed by atoms with van der Waals surface area (Å²) in [4.78, 5) is 0. The standard InChI is InChI=1S/C10H20N4/c1-4-5-6-7-14-8-9(12-13-14)10(2,3)11/h8H,4-7,11H2,1-3H3. The molecule has 0 aliphatic heterocycles. The quantitative estimate of drug-likeness (QED) is 0.729. The van der Waals surface area contributed by atoms with Gasteiger partial charge >= 0.3 is 0 Å². The molecule has 0 aliphatic rings. The van der Waals surface area contributed by atoms with Crippen LogP contribution < -0.4 is 5.73 Å². The Labute approximate surface area is 85.5 Å². The molecule has 0 fully saturated rings. The van der Waals surface area contributed by atoms with E-state index in [9.17, 15) is 0 Å². The Balaban J connectivity index is 2.51. The lowest BCUT2D eigenvalue weighted by Crippen LogP contribution is -2.29. The van der Waals surface area contributed by atoms with Gasteiger partial charge in [0.15, 0.2) is 0 Å². The van der Waals surface area contributed by atoms with Crippen molar-refractivity contribution in [2.24, 2.45) is 5.73 Å². The SMILES string of the molecule is CCCCCn1cc(C(C)(C)N)nn1. The van der Waals surface area contributed by atoms with Gasteiger partial charge in [0.05, 0.1) is 11.7 Å². The Morgan fingerprint density at radius 3 is 2.64 bits per heavy atom. The predicted molar refractivity (Wildman–Crippen MR) is 56.8 cm³/mol. The minimum absolute atomic E-state index is 0.386. The fourth-order valence-electron chi connectivity index (χ4n) is 1.23. The monoisotopic (exact) mass is 196 g/mol. The van der Waals surface area contributed by atoms with Gasteiger partial charge in [0.1, 0.15) is 5.69 Å². The van der Waals surface area contributed by atoms with E-state index in [4.69, 9.17) is 5.73 Å². The van der Waals surface area contributed by atoms with Crippen LogP contribution in [0.1, 0.15) is 45.7 Å². The van der Waals surface area contributed by atoms with Gasteiger partial charge in [-0.3, -0.25) is 4.68 Å². The molecule has 0 unspecified atom stereocenters. The largest absolute Gasteiger partial charge is 0.320 e. The van der Waals surface area contributed by atoms with Gasteiger partial charge in [-0.25, -0.2) is 0 Å². The molecule has 2 N–H and O–H groups in total. The van der Waals surface area contributed by atoms with Crippen LogP contribution in [-0.4, -0.2) is 15.0 Å². The molecular weight excluding hydrogens is 176 g/mol. The van der Waals surface area contributed by atoms with E-state index in [-0.39, 0.29) is 5.54 Å². The van der Waals surface area contributed by atoms with Crippen molar-refractivity contribution < 1.29 is 0 Å². The second-order valence-electron chi connectivity index (χ2n) is 4.30. The summed E-state index contributed by atoms with van der Waals surface area (Å²) in [6, 6.07) is 0. The molecule has 0 saturated heterocycles. The van der Waals surface area contributed by atoms with Crippen LogP contribution in [-0.2, 0) is 12.1 Å². The van der Waals surface area contributed by atoms with Crippen LogP contribution in [0.3, 0.4) is 0 Å². The Kier molecular flexibility index (Phi) is 3.63. The van der Waals surface area contributed by atoms with Gasteiger partial charge in [-0.15, -0.1) is 5.10 Å². The van der Waals surface area contributed by atoms with E-state index >= 15 is 0 Å². The molecule has 80 valence electrons. The summed E-state index contributed by atoms with van der Waals surface area (Å²) in [6.45, 7) is 7.01. The minimum atomic E-state index is -0.386. The summed E-state index contributed by atoms with van der Waals surface area (Å²) in [5, 5.41) is 8.10. The highest BCUT2D eigenvalue weighted by molar-refractivity contribution is 5.05. The third-order valence-electron chi connectivity index (χ3n) is 2.19. The summed E-state index contributed by atoms with van der Waals surface area (Å²) in [5.74, 6) is 0. The number of nitrogens with two attached hydrogens (primary N) is 1. The summed E-state index contributed by atoms with van der Waals surface area (Å²) < 4.78 is 1.87. The summed E-state index contributed by atoms with van der Waals surface area (Å²) in [7, 11) is 0. The molecule has 0 aliphatic carbocycles. The van der Waals surface area contributed by atoms with Gasteiger partial charge in [0, 0.05) is 6.54 Å². The minimum Gasteiger partial charge on any atom is -0.320 e. The molecular formula is C10H20N4. The Morgan fingerprint density at radius 2 is 2.14 bits per heavy atom. The molecule has 1 aromatic heterocycles. The average molecular weight is 196 g/mol. The van der Waals surface area contributed by atoms with Crippen molar-refractivity contribution in [3.63, 3.8) is 0 Å². The normalized spacial score (nSPS) is 12.0. The lowest BCUT2D eigenvalue weighted by atomic mass is 10.0. The van der Waals surface area contributed by atoms with Gasteiger partial charge in [-0.1, -0.05) is 25.0 Å². The van der Waals surface area contributed by atoms with Crippen molar-refractivity contribution in [3.8, 4) is 0 Å². The van der Waals surface area contributed by atoms with E-state index < -0.39 is 0 Å². The number of hydrogen-bond donors (Lipinski definition) is 1. The number of rotatable bonds is 5. The van der Waals surface area contributed by atoms with Crippen molar-refractivity contribution in [1.82, 2.24) is 15.0 Å². The lowest BCUT2D eigenvalue weighted by molar-refractivity contribution is 0.532. The smallest absolute Gasteiger partial charge is 0.102 e. The van der Waals surface area contributed by atoms with Gasteiger partial charge in [0.2, 0.25) is 0 Å². The molecule has 4 heteroatoms. The molecule has 1 heterocycles. The van der Waals surface area contributed by atoms with Gasteiger partial charge in [-0.2, -0.15) is 0 Å². The van der Waals surface area contributed by atoms with Crippen molar-refractivity contribution in [3.05, 3.63) is 11.9 Å². The summed E-state index contributed by atoms with van der Waals surface area (Å²) in [5.41, 5.74) is 6.38. The van der Waals surface area contributed by atoms with E-state index in [0.717, 1.165) is 18.7 Å². The molecule has 0 spiro atoms. The Hall–Kier alpha value is -0.900. The molecule has 1 aromatic rings. The second-order valence-corrected chi connectivity index (χ2v) is 4.30. The first-order valence-corrected chi connectivity index (χ1v) is 5.23. The maximum Gasteiger partial charge on any atom is 0.102 e. The zero-order valence-corrected chi connectivity index (χ0v) is 9.32. The predicted octanol–water partition coefficient (Wildman–Crippen LogP) is 1.66. The third-order valence-corrected chi connectivity index (χ3v) is 2.19. The van der Waals surface area contributed by atoms with E-state index in [1.54, 1.807) is 0 Å². The van der Waals surface area contributed by atoms with Crippen LogP contribution in [0.2, 0.25) is 0 Å². The molecule has 0 aromatic carbocycles. The zero-order valence-electron chi connectivity index (χ0n) is 9.32. The number of aromatic nitrogens is 3. The molecule has 4 nitrogen and oxygen atoms in total. The zero-order chi connectivity index (χ0) is 10.6. The topological polar surface area (TPSA) is 56.7 Å². The first-order valence-electron chi connectivity index (χ1n) is 5.23. The van der Waals surface area contributed by atoms with Crippen LogP contribution in [0.5, 0.6) is 0 Å². The van der Waals surface area contributed by atoms with Gasteiger partial charge < -0.3 is 5.73 Å². The van der Waals surface area contributed by atoms with Gasteiger partial charge in [-0.05, 0) is 20.3 Å². The first kappa shape index (κ1) is 11.2. The van der Waals surface area contributed by atoms with Gasteiger partial charge in [0.25, 0.3) is 0 Å². The molecule has 0 atom stereocenters. The summed E-state index contributed by atoms with van der Waals surface area (Å²) >= 11 is 0. The molecule has 1 rings (SSSR count). The van der Waals surface area contributed by atoms with Crippen molar-refractivity contribution in [2.75, 3.05) is 0 Å². The van der Waals surface area contributed by atoms with E-state index in [2.05, 4.69) is 17.2 Å². The summed E-state index contributed by atoms with van der Waals surface area (Å²) in [6.07, 6.45) is 5.56. The van der Waals surface area contributed by atoms with E-state index in [1.165, 1.54) is 12.8 Å². The van der Waals surface area contributed by atoms with Crippen LogP contribution in [0.25, 0.3) is 0 Å². The second kappa shape index (κ2) is 4.55. The van der Waals surface area contributed by atoms with Crippen LogP contribution >= 0.6 is 0 Å². The van der Waals surface area contributed by atoms with E-state index in [1.807, 2.05) is 24.7 Å². The molecule has 14 heavy (non-hydrogen) atoms. The molecule has 0 amide bonds. The number of nitrogens with zero attached hydrogens (tertiary/aromatic N) is 3. The number of aryl methyl sites for hydroxylation is 1. The maximum absolute atomic E-state index is 5.91. The lowest BCUT2D eigenvalue weighted by Gasteiger charge is -2.13. The molecule has 0 radical (unpaired) electrons. The fraction of sp³-hybridized carbons (Fsp3) is 0.800. The fourth-order valence-corrected chi connectivity index (χ4v) is 1.23. The first-order chi connectivity index (χ1) is 6.54. The highest BCUT2D eigenvalue weighted by Crippen LogP contribution is 2.12. The Morgan fingerprint density at radius 1 is 1.43 bits per heavy atom. The average Bonchev–Trinajstić information content (AvgIpc) is 2.52. The van der Waals surface area contributed by atoms with Crippen molar-refractivity contribution in [1.29, 1.82) is 0 Å². The highest BCUT2D eigenvalue weighted by atomic mass is 15.4.